The molecule has 1 N–H and O–H groups in total. The number of piperazine rings is 1. The second-order valence-corrected chi connectivity index (χ2v) is 7.85. The third-order valence-corrected chi connectivity index (χ3v) is 5.69. The SMILES string of the molecule is N#Cc1ccc(NCc2ccc(N3CCN(CC4CC4)CC3)cc2)c([N+](=O)[O-])c1. The van der Waals surface area contributed by atoms with Gasteiger partial charge in [-0.15, -0.1) is 0 Å². The molecule has 7 heteroatoms. The second-order valence-electron chi connectivity index (χ2n) is 7.85. The van der Waals surface area contributed by atoms with Gasteiger partial charge in [0.25, 0.3) is 5.69 Å². The average molecular weight is 391 g/mol. The Balaban J connectivity index is 1.33. The number of nitrogens with one attached hydrogen (secondary N) is 1. The zero-order valence-electron chi connectivity index (χ0n) is 16.4. The number of hydrogen-bond donors (Lipinski definition) is 1. The highest BCUT2D eigenvalue weighted by Crippen LogP contribution is 2.30. The summed E-state index contributed by atoms with van der Waals surface area (Å²) in [7, 11) is 0. The van der Waals surface area contributed by atoms with Crippen LogP contribution in [0.15, 0.2) is 42.5 Å². The Morgan fingerprint density at radius 3 is 2.45 bits per heavy atom. The molecule has 0 aromatic heterocycles. The van der Waals surface area contributed by atoms with E-state index in [2.05, 4.69) is 39.4 Å². The highest BCUT2D eigenvalue weighted by molar-refractivity contribution is 5.64. The third-order valence-electron chi connectivity index (χ3n) is 5.69. The molecule has 0 unspecified atom stereocenters. The first-order valence-corrected chi connectivity index (χ1v) is 10.1. The molecule has 7 nitrogen and oxygen atoms in total. The van der Waals surface area contributed by atoms with Crippen molar-refractivity contribution >= 4 is 17.1 Å². The van der Waals surface area contributed by atoms with Crippen LogP contribution in [0.3, 0.4) is 0 Å². The summed E-state index contributed by atoms with van der Waals surface area (Å²) in [5.74, 6) is 0.945. The van der Waals surface area contributed by atoms with E-state index in [4.69, 9.17) is 5.26 Å². The minimum absolute atomic E-state index is 0.0789. The molecule has 2 aromatic carbocycles. The van der Waals surface area contributed by atoms with E-state index < -0.39 is 4.92 Å². The zero-order chi connectivity index (χ0) is 20.2. The van der Waals surface area contributed by atoms with Gasteiger partial charge >= 0.3 is 0 Å². The van der Waals surface area contributed by atoms with Gasteiger partial charge in [0.15, 0.2) is 0 Å². The predicted octanol–water partition coefficient (Wildman–Crippen LogP) is 3.61. The zero-order valence-corrected chi connectivity index (χ0v) is 16.4. The largest absolute Gasteiger partial charge is 0.375 e. The molecule has 0 spiro atoms. The van der Waals surface area contributed by atoms with E-state index in [1.807, 2.05) is 6.07 Å². The molecule has 1 aliphatic carbocycles. The molecule has 2 aliphatic rings. The molecule has 4 rings (SSSR count). The molecule has 0 amide bonds. The first-order chi connectivity index (χ1) is 14.1. The standard InChI is InChI=1S/C22H25N5O2/c23-14-19-5-8-21(22(13-19)27(28)29)24-15-17-3-6-20(7-4-17)26-11-9-25(10-12-26)16-18-1-2-18/h3-8,13,18,24H,1-2,9-12,15-16H2. The summed E-state index contributed by atoms with van der Waals surface area (Å²) in [4.78, 5) is 15.8. The molecule has 1 saturated carbocycles. The van der Waals surface area contributed by atoms with Crippen LogP contribution in [0.4, 0.5) is 17.1 Å². The van der Waals surface area contributed by atoms with Crippen molar-refractivity contribution in [2.24, 2.45) is 5.92 Å². The highest BCUT2D eigenvalue weighted by atomic mass is 16.6. The number of hydrogen-bond acceptors (Lipinski definition) is 6. The van der Waals surface area contributed by atoms with Gasteiger partial charge in [0.05, 0.1) is 16.6 Å². The monoisotopic (exact) mass is 391 g/mol. The number of rotatable bonds is 7. The van der Waals surface area contributed by atoms with Gasteiger partial charge in [-0.3, -0.25) is 15.0 Å². The van der Waals surface area contributed by atoms with Crippen molar-refractivity contribution < 1.29 is 4.92 Å². The van der Waals surface area contributed by atoms with Crippen LogP contribution in [0.2, 0.25) is 0 Å². The molecule has 0 radical (unpaired) electrons. The Bertz CT molecular complexity index is 910. The lowest BCUT2D eigenvalue weighted by atomic mass is 10.1. The molecular weight excluding hydrogens is 366 g/mol. The summed E-state index contributed by atoms with van der Waals surface area (Å²) < 4.78 is 0. The van der Waals surface area contributed by atoms with E-state index in [-0.39, 0.29) is 11.3 Å². The summed E-state index contributed by atoms with van der Waals surface area (Å²) >= 11 is 0. The van der Waals surface area contributed by atoms with Crippen molar-refractivity contribution in [3.05, 3.63) is 63.7 Å². The normalized spacial score (nSPS) is 17.0. The quantitative estimate of drug-likeness (QED) is 0.573. The number of nitro groups is 1. The Morgan fingerprint density at radius 2 is 1.83 bits per heavy atom. The molecule has 0 bridgehead atoms. The Hall–Kier alpha value is -3.11. The Labute approximate surface area is 170 Å². The van der Waals surface area contributed by atoms with E-state index in [0.29, 0.717) is 12.2 Å². The lowest BCUT2D eigenvalue weighted by Crippen LogP contribution is -2.47. The lowest BCUT2D eigenvalue weighted by molar-refractivity contribution is -0.384. The van der Waals surface area contributed by atoms with Crippen molar-refractivity contribution in [2.45, 2.75) is 19.4 Å². The van der Waals surface area contributed by atoms with Gasteiger partial charge < -0.3 is 10.2 Å². The summed E-state index contributed by atoms with van der Waals surface area (Å²) in [6.45, 7) is 6.12. The van der Waals surface area contributed by atoms with Gasteiger partial charge in [-0.05, 0) is 48.6 Å². The first-order valence-electron chi connectivity index (χ1n) is 10.1. The van der Waals surface area contributed by atoms with Crippen LogP contribution in [0.1, 0.15) is 24.0 Å². The maximum absolute atomic E-state index is 11.3. The number of nitrogens with zero attached hydrogens (tertiary/aromatic N) is 4. The number of nitriles is 1. The van der Waals surface area contributed by atoms with Gasteiger partial charge in [0.1, 0.15) is 5.69 Å². The topological polar surface area (TPSA) is 85.4 Å². The first kappa shape index (κ1) is 19.2. The fourth-order valence-electron chi connectivity index (χ4n) is 3.78. The molecule has 2 fully saturated rings. The van der Waals surface area contributed by atoms with E-state index in [1.54, 1.807) is 12.1 Å². The molecule has 0 atom stereocenters. The van der Waals surface area contributed by atoms with Crippen LogP contribution < -0.4 is 10.2 Å². The molecular formula is C22H25N5O2. The summed E-state index contributed by atoms with van der Waals surface area (Å²) in [6, 6.07) is 14.8. The predicted molar refractivity (Wildman–Crippen MR) is 113 cm³/mol. The van der Waals surface area contributed by atoms with Crippen molar-refractivity contribution in [2.75, 3.05) is 42.9 Å². The molecule has 1 aliphatic heterocycles. The maximum atomic E-state index is 11.3. The van der Waals surface area contributed by atoms with Gasteiger partial charge in [0, 0.05) is 51.0 Å². The second kappa shape index (κ2) is 8.50. The third kappa shape index (κ3) is 4.84. The van der Waals surface area contributed by atoms with Crippen molar-refractivity contribution in [3.63, 3.8) is 0 Å². The van der Waals surface area contributed by atoms with E-state index in [1.165, 1.54) is 31.1 Å². The van der Waals surface area contributed by atoms with Crippen LogP contribution in [0.5, 0.6) is 0 Å². The number of anilines is 2. The van der Waals surface area contributed by atoms with Crippen molar-refractivity contribution in [1.29, 1.82) is 5.26 Å². The molecule has 1 saturated heterocycles. The van der Waals surface area contributed by atoms with Crippen molar-refractivity contribution in [1.82, 2.24) is 4.90 Å². The Morgan fingerprint density at radius 1 is 1.10 bits per heavy atom. The molecule has 1 heterocycles. The summed E-state index contributed by atoms with van der Waals surface area (Å²) in [6.07, 6.45) is 2.81. The van der Waals surface area contributed by atoms with Crippen molar-refractivity contribution in [3.8, 4) is 6.07 Å². The van der Waals surface area contributed by atoms with Gasteiger partial charge in [-0.1, -0.05) is 12.1 Å². The van der Waals surface area contributed by atoms with Gasteiger partial charge in [-0.25, -0.2) is 0 Å². The molecule has 29 heavy (non-hydrogen) atoms. The van der Waals surface area contributed by atoms with Crippen LogP contribution in [0, 0.1) is 27.4 Å². The lowest BCUT2D eigenvalue weighted by Gasteiger charge is -2.36. The minimum atomic E-state index is -0.463. The highest BCUT2D eigenvalue weighted by Gasteiger charge is 2.26. The summed E-state index contributed by atoms with van der Waals surface area (Å²) in [5, 5.41) is 23.3. The van der Waals surface area contributed by atoms with Gasteiger partial charge in [0.2, 0.25) is 0 Å². The fourth-order valence-corrected chi connectivity index (χ4v) is 3.78. The summed E-state index contributed by atoms with van der Waals surface area (Å²) in [5.41, 5.74) is 2.90. The van der Waals surface area contributed by atoms with E-state index in [9.17, 15) is 10.1 Å². The fraction of sp³-hybridized carbons (Fsp3) is 0.409. The molecule has 150 valence electrons. The minimum Gasteiger partial charge on any atom is -0.375 e. The number of benzene rings is 2. The Kier molecular flexibility index (Phi) is 5.63. The number of nitro benzene ring substituents is 1. The van der Waals surface area contributed by atoms with E-state index >= 15 is 0 Å². The van der Waals surface area contributed by atoms with Crippen LogP contribution in [0.25, 0.3) is 0 Å². The smallest absolute Gasteiger partial charge is 0.293 e. The average Bonchev–Trinajstić information content (AvgIpc) is 3.57. The van der Waals surface area contributed by atoms with Crippen LogP contribution in [-0.4, -0.2) is 42.5 Å². The van der Waals surface area contributed by atoms with Crippen LogP contribution >= 0.6 is 0 Å². The maximum Gasteiger partial charge on any atom is 0.293 e. The molecule has 2 aromatic rings. The van der Waals surface area contributed by atoms with E-state index in [0.717, 1.165) is 37.7 Å². The van der Waals surface area contributed by atoms with Crippen LogP contribution in [-0.2, 0) is 6.54 Å². The van der Waals surface area contributed by atoms with Gasteiger partial charge in [-0.2, -0.15) is 5.26 Å².